The number of nitrogens with one attached hydrogen (secondary N) is 1. The van der Waals surface area contributed by atoms with E-state index >= 15 is 0 Å². The molecule has 1 aromatic carbocycles. The number of pyridine rings is 1. The lowest BCUT2D eigenvalue weighted by molar-refractivity contribution is 0.0823. The minimum absolute atomic E-state index is 0.0719. The Hall–Kier alpha value is -2.37. The maximum absolute atomic E-state index is 12.7. The number of aromatic nitrogens is 2. The van der Waals surface area contributed by atoms with E-state index in [0.717, 1.165) is 17.5 Å². The molecule has 1 fully saturated rings. The van der Waals surface area contributed by atoms with Gasteiger partial charge in [-0.25, -0.2) is 4.52 Å². The first-order valence-corrected chi connectivity index (χ1v) is 8.20. The Morgan fingerprint density at radius 2 is 2.08 bits per heavy atom. The number of hydrogen-bond donors (Lipinski definition) is 1. The molecule has 0 aliphatic carbocycles. The number of halogens is 1. The number of amides is 1. The Kier molecular flexibility index (Phi) is 3.96. The molecule has 0 bridgehead atoms. The molecule has 2 aromatic heterocycles. The molecule has 0 unspecified atom stereocenters. The number of nitrogens with zero attached hydrogens (tertiary/aromatic N) is 2. The van der Waals surface area contributed by atoms with Gasteiger partial charge in [-0.1, -0.05) is 29.8 Å². The van der Waals surface area contributed by atoms with Crippen LogP contribution < -0.4 is 5.32 Å². The number of fused-ring (bicyclic) bond motifs is 1. The molecular formula is C18H16ClN3O2. The summed E-state index contributed by atoms with van der Waals surface area (Å²) in [6.45, 7) is 0.618. The molecule has 4 rings (SSSR count). The molecule has 122 valence electrons. The van der Waals surface area contributed by atoms with E-state index in [2.05, 4.69) is 10.4 Å². The number of rotatable bonds is 3. The lowest BCUT2D eigenvalue weighted by Crippen LogP contribution is -2.36. The zero-order valence-corrected chi connectivity index (χ0v) is 13.6. The zero-order chi connectivity index (χ0) is 16.5. The van der Waals surface area contributed by atoms with Gasteiger partial charge in [0.25, 0.3) is 5.91 Å². The molecule has 3 heterocycles. The second-order valence-corrected chi connectivity index (χ2v) is 6.24. The van der Waals surface area contributed by atoms with E-state index < -0.39 is 0 Å². The van der Waals surface area contributed by atoms with Gasteiger partial charge >= 0.3 is 0 Å². The molecule has 1 amide bonds. The second-order valence-electron chi connectivity index (χ2n) is 5.80. The van der Waals surface area contributed by atoms with Crippen LogP contribution in [0.15, 0.2) is 54.9 Å². The molecule has 0 spiro atoms. The Morgan fingerprint density at radius 3 is 2.92 bits per heavy atom. The highest BCUT2D eigenvalue weighted by molar-refractivity contribution is 6.30. The largest absolute Gasteiger partial charge is 0.371 e. The Morgan fingerprint density at radius 1 is 1.25 bits per heavy atom. The highest BCUT2D eigenvalue weighted by Gasteiger charge is 2.31. The van der Waals surface area contributed by atoms with Gasteiger partial charge in [-0.15, -0.1) is 0 Å². The quantitative estimate of drug-likeness (QED) is 0.795. The van der Waals surface area contributed by atoms with E-state index in [0.29, 0.717) is 17.2 Å². The molecule has 1 saturated heterocycles. The minimum Gasteiger partial charge on any atom is -0.371 e. The van der Waals surface area contributed by atoms with Crippen molar-refractivity contribution in [3.05, 3.63) is 71.0 Å². The SMILES string of the molecule is O=C(N[C@@H]1CCO[C@@H]1c1ccc(Cl)cc1)c1cnn2ccccc12. The average Bonchev–Trinajstić information content (AvgIpc) is 3.22. The molecule has 24 heavy (non-hydrogen) atoms. The zero-order valence-electron chi connectivity index (χ0n) is 12.9. The van der Waals surface area contributed by atoms with Crippen molar-refractivity contribution in [1.29, 1.82) is 0 Å². The smallest absolute Gasteiger partial charge is 0.255 e. The normalized spacial score (nSPS) is 20.4. The molecule has 0 saturated carbocycles. The maximum Gasteiger partial charge on any atom is 0.255 e. The lowest BCUT2D eigenvalue weighted by atomic mass is 10.0. The number of carbonyl (C=O) groups excluding carboxylic acids is 1. The second kappa shape index (κ2) is 6.26. The Balaban J connectivity index is 1.55. The summed E-state index contributed by atoms with van der Waals surface area (Å²) in [4.78, 5) is 12.7. The summed E-state index contributed by atoms with van der Waals surface area (Å²) in [7, 11) is 0. The third-order valence-corrected chi connectivity index (χ3v) is 4.53. The lowest BCUT2D eigenvalue weighted by Gasteiger charge is -2.20. The van der Waals surface area contributed by atoms with E-state index in [9.17, 15) is 4.79 Å². The summed E-state index contributed by atoms with van der Waals surface area (Å²) in [5.74, 6) is -0.134. The van der Waals surface area contributed by atoms with Crippen molar-refractivity contribution in [3.8, 4) is 0 Å². The van der Waals surface area contributed by atoms with Crippen LogP contribution in [0.5, 0.6) is 0 Å². The minimum atomic E-state index is -0.159. The van der Waals surface area contributed by atoms with Gasteiger partial charge in [0.2, 0.25) is 0 Å². The maximum atomic E-state index is 12.7. The van der Waals surface area contributed by atoms with Crippen LogP contribution in [0.2, 0.25) is 5.02 Å². The number of benzene rings is 1. The van der Waals surface area contributed by atoms with Crippen LogP contribution in [0.1, 0.15) is 28.4 Å². The van der Waals surface area contributed by atoms with E-state index in [4.69, 9.17) is 16.3 Å². The van der Waals surface area contributed by atoms with Crippen molar-refractivity contribution in [1.82, 2.24) is 14.9 Å². The average molecular weight is 342 g/mol. The van der Waals surface area contributed by atoms with Gasteiger partial charge in [0.05, 0.1) is 23.3 Å². The van der Waals surface area contributed by atoms with Gasteiger partial charge in [0.1, 0.15) is 6.10 Å². The van der Waals surface area contributed by atoms with Crippen LogP contribution in [0, 0.1) is 0 Å². The predicted octanol–water partition coefficient (Wildman–Crippen LogP) is 3.25. The summed E-state index contributed by atoms with van der Waals surface area (Å²) in [6.07, 6.45) is 4.03. The molecule has 2 atom stereocenters. The standard InChI is InChI=1S/C18H16ClN3O2/c19-13-6-4-12(5-7-13)17-15(8-10-24-17)21-18(23)14-11-20-22-9-2-1-3-16(14)22/h1-7,9,11,15,17H,8,10H2,(H,21,23)/t15-,17-/m1/s1. The van der Waals surface area contributed by atoms with E-state index in [1.165, 1.54) is 0 Å². The van der Waals surface area contributed by atoms with Crippen LogP contribution in [-0.4, -0.2) is 28.2 Å². The number of ether oxygens (including phenoxy) is 1. The summed E-state index contributed by atoms with van der Waals surface area (Å²) in [6, 6.07) is 13.1. The predicted molar refractivity (Wildman–Crippen MR) is 91.2 cm³/mol. The van der Waals surface area contributed by atoms with E-state index in [1.807, 2.05) is 48.7 Å². The molecule has 6 heteroatoms. The Labute approximate surface area is 144 Å². The van der Waals surface area contributed by atoms with Crippen molar-refractivity contribution in [3.63, 3.8) is 0 Å². The summed E-state index contributed by atoms with van der Waals surface area (Å²) >= 11 is 5.94. The van der Waals surface area contributed by atoms with Crippen molar-refractivity contribution in [2.45, 2.75) is 18.6 Å². The monoisotopic (exact) mass is 341 g/mol. The number of hydrogen-bond acceptors (Lipinski definition) is 3. The highest BCUT2D eigenvalue weighted by atomic mass is 35.5. The summed E-state index contributed by atoms with van der Waals surface area (Å²) in [5, 5.41) is 7.98. The third-order valence-electron chi connectivity index (χ3n) is 4.28. The van der Waals surface area contributed by atoms with Crippen LogP contribution in [-0.2, 0) is 4.74 Å². The van der Waals surface area contributed by atoms with Gasteiger partial charge in [-0.05, 0) is 36.2 Å². The molecule has 1 aliphatic rings. The topological polar surface area (TPSA) is 55.6 Å². The first kappa shape index (κ1) is 15.2. The van der Waals surface area contributed by atoms with E-state index in [1.54, 1.807) is 10.7 Å². The fraction of sp³-hybridized carbons (Fsp3) is 0.222. The van der Waals surface area contributed by atoms with Gasteiger partial charge in [0, 0.05) is 17.8 Å². The molecular weight excluding hydrogens is 326 g/mol. The Bertz CT molecular complexity index is 875. The van der Waals surface area contributed by atoms with Gasteiger partial charge in [-0.3, -0.25) is 4.79 Å². The van der Waals surface area contributed by atoms with Crippen molar-refractivity contribution in [2.75, 3.05) is 6.61 Å². The number of carbonyl (C=O) groups is 1. The fourth-order valence-corrected chi connectivity index (χ4v) is 3.20. The van der Waals surface area contributed by atoms with Crippen LogP contribution >= 0.6 is 11.6 Å². The molecule has 1 N–H and O–H groups in total. The third kappa shape index (κ3) is 2.77. The van der Waals surface area contributed by atoms with Crippen molar-refractivity contribution < 1.29 is 9.53 Å². The van der Waals surface area contributed by atoms with Crippen LogP contribution in [0.25, 0.3) is 5.52 Å². The summed E-state index contributed by atoms with van der Waals surface area (Å²) < 4.78 is 7.51. The van der Waals surface area contributed by atoms with Crippen molar-refractivity contribution >= 4 is 23.0 Å². The molecule has 3 aromatic rings. The summed E-state index contributed by atoms with van der Waals surface area (Å²) in [5.41, 5.74) is 2.37. The molecule has 5 nitrogen and oxygen atoms in total. The van der Waals surface area contributed by atoms with Crippen LogP contribution in [0.4, 0.5) is 0 Å². The van der Waals surface area contributed by atoms with Gasteiger partial charge in [0.15, 0.2) is 0 Å². The van der Waals surface area contributed by atoms with E-state index in [-0.39, 0.29) is 18.1 Å². The van der Waals surface area contributed by atoms with Gasteiger partial charge < -0.3 is 10.1 Å². The fourth-order valence-electron chi connectivity index (χ4n) is 3.07. The molecule has 1 aliphatic heterocycles. The first-order chi connectivity index (χ1) is 11.7. The van der Waals surface area contributed by atoms with Crippen LogP contribution in [0.3, 0.4) is 0 Å². The van der Waals surface area contributed by atoms with Crippen molar-refractivity contribution in [2.24, 2.45) is 0 Å². The molecule has 0 radical (unpaired) electrons. The highest BCUT2D eigenvalue weighted by Crippen LogP contribution is 2.30. The first-order valence-electron chi connectivity index (χ1n) is 7.83. The van der Waals surface area contributed by atoms with Gasteiger partial charge in [-0.2, -0.15) is 5.10 Å².